The fourth-order valence-corrected chi connectivity index (χ4v) is 4.03. The molecule has 1 atom stereocenters. The molecule has 1 fully saturated rings. The van der Waals surface area contributed by atoms with Crippen LogP contribution in [0.15, 0.2) is 33.8 Å². The highest BCUT2D eigenvalue weighted by Crippen LogP contribution is 2.37. The molecule has 2 aromatic heterocycles. The van der Waals surface area contributed by atoms with Crippen molar-refractivity contribution in [3.8, 4) is 11.5 Å². The van der Waals surface area contributed by atoms with Gasteiger partial charge in [0.2, 0.25) is 16.9 Å². The summed E-state index contributed by atoms with van der Waals surface area (Å²) >= 11 is 1.56. The highest BCUT2D eigenvalue weighted by atomic mass is 32.2. The molecule has 1 aromatic carbocycles. The largest absolute Gasteiger partial charge is 0.419 e. The molecule has 0 radical (unpaired) electrons. The van der Waals surface area contributed by atoms with Gasteiger partial charge in [-0.15, -0.1) is 15.3 Å². The highest BCUT2D eigenvalue weighted by molar-refractivity contribution is 7.99. The normalized spacial score (nSPS) is 16.4. The van der Waals surface area contributed by atoms with Gasteiger partial charge in [0.1, 0.15) is 0 Å². The van der Waals surface area contributed by atoms with Crippen molar-refractivity contribution in [2.24, 2.45) is 0 Å². The van der Waals surface area contributed by atoms with Gasteiger partial charge in [-0.25, -0.2) is 4.68 Å². The van der Waals surface area contributed by atoms with Gasteiger partial charge in [0.15, 0.2) is 0 Å². The molecule has 0 bridgehead atoms. The number of rotatable bonds is 5. The second kappa shape index (κ2) is 6.95. The van der Waals surface area contributed by atoms with E-state index in [2.05, 4.69) is 25.7 Å². The minimum Gasteiger partial charge on any atom is -0.419 e. The summed E-state index contributed by atoms with van der Waals surface area (Å²) in [5, 5.41) is 21.4. The summed E-state index contributed by atoms with van der Waals surface area (Å²) in [7, 11) is 0. The van der Waals surface area contributed by atoms with E-state index >= 15 is 0 Å². The summed E-state index contributed by atoms with van der Waals surface area (Å²) in [4.78, 5) is 0. The van der Waals surface area contributed by atoms with Crippen molar-refractivity contribution in [3.05, 3.63) is 35.7 Å². The van der Waals surface area contributed by atoms with Gasteiger partial charge < -0.3 is 4.42 Å². The van der Waals surface area contributed by atoms with Crippen LogP contribution in [0.4, 0.5) is 0 Å². The number of hydrogen-bond donors (Lipinski definition) is 0. The third-order valence-corrected chi connectivity index (χ3v) is 5.50. The van der Waals surface area contributed by atoms with Gasteiger partial charge >= 0.3 is 0 Å². The zero-order valence-corrected chi connectivity index (χ0v) is 15.1. The predicted molar refractivity (Wildman–Crippen MR) is 94.1 cm³/mol. The number of tetrazole rings is 1. The molecule has 130 valence electrons. The lowest BCUT2D eigenvalue weighted by Crippen LogP contribution is -2.08. The summed E-state index contributed by atoms with van der Waals surface area (Å²) in [6, 6.07) is 8.46. The lowest BCUT2D eigenvalue weighted by Gasteiger charge is -2.12. The van der Waals surface area contributed by atoms with E-state index in [-0.39, 0.29) is 5.25 Å². The lowest BCUT2D eigenvalue weighted by molar-refractivity contribution is 0.422. The standard InChI is InChI=1S/C17H20N6OS/c1-11-6-5-7-13(10-11)16-19-18-15(24-16)12(2)25-17-20-21-22-23(17)14-8-3-4-9-14/h5-7,10,12,14H,3-4,8-9H2,1-2H3. The van der Waals surface area contributed by atoms with Crippen LogP contribution < -0.4 is 0 Å². The molecule has 0 N–H and O–H groups in total. The second-order valence-corrected chi connectivity index (χ2v) is 7.73. The van der Waals surface area contributed by atoms with Crippen LogP contribution in [0.5, 0.6) is 0 Å². The Kier molecular flexibility index (Phi) is 4.52. The smallest absolute Gasteiger partial charge is 0.247 e. The first-order valence-corrected chi connectivity index (χ1v) is 9.43. The Morgan fingerprint density at radius 2 is 2.04 bits per heavy atom. The third kappa shape index (κ3) is 3.44. The number of benzene rings is 1. The zero-order valence-electron chi connectivity index (χ0n) is 14.3. The van der Waals surface area contributed by atoms with Crippen molar-refractivity contribution < 1.29 is 4.42 Å². The predicted octanol–water partition coefficient (Wildman–Crippen LogP) is 4.00. The van der Waals surface area contributed by atoms with Crippen molar-refractivity contribution in [1.82, 2.24) is 30.4 Å². The van der Waals surface area contributed by atoms with Gasteiger partial charge in [-0.2, -0.15) is 0 Å². The Balaban J connectivity index is 1.51. The van der Waals surface area contributed by atoms with Crippen LogP contribution in [0.2, 0.25) is 0 Å². The van der Waals surface area contributed by atoms with Gasteiger partial charge in [0, 0.05) is 5.56 Å². The molecule has 0 aliphatic heterocycles. The molecular formula is C17H20N6OS. The van der Waals surface area contributed by atoms with Crippen LogP contribution in [0.1, 0.15) is 55.4 Å². The first-order chi connectivity index (χ1) is 12.2. The van der Waals surface area contributed by atoms with Crippen LogP contribution in [0.25, 0.3) is 11.5 Å². The average Bonchev–Trinajstić information content (AvgIpc) is 3.35. The van der Waals surface area contributed by atoms with Gasteiger partial charge in [0.05, 0.1) is 11.3 Å². The molecule has 0 saturated heterocycles. The number of hydrogen-bond acceptors (Lipinski definition) is 7. The Labute approximate surface area is 150 Å². The Bertz CT molecular complexity index is 854. The number of thioether (sulfide) groups is 1. The van der Waals surface area contributed by atoms with Crippen molar-refractivity contribution in [2.75, 3.05) is 0 Å². The summed E-state index contributed by atoms with van der Waals surface area (Å²) in [5.74, 6) is 1.13. The van der Waals surface area contributed by atoms with Crippen LogP contribution >= 0.6 is 11.8 Å². The molecule has 4 rings (SSSR count). The molecule has 1 aliphatic rings. The van der Waals surface area contributed by atoms with Crippen molar-refractivity contribution in [1.29, 1.82) is 0 Å². The third-order valence-electron chi connectivity index (χ3n) is 4.47. The maximum Gasteiger partial charge on any atom is 0.247 e. The van der Waals surface area contributed by atoms with Gasteiger partial charge in [-0.1, -0.05) is 42.3 Å². The van der Waals surface area contributed by atoms with Crippen molar-refractivity contribution in [2.45, 2.75) is 56.0 Å². The maximum absolute atomic E-state index is 5.88. The van der Waals surface area contributed by atoms with E-state index in [1.54, 1.807) is 11.8 Å². The maximum atomic E-state index is 5.88. The molecule has 2 heterocycles. The molecule has 1 unspecified atom stereocenters. The fraction of sp³-hybridized carbons (Fsp3) is 0.471. The summed E-state index contributed by atoms with van der Waals surface area (Å²) in [5.41, 5.74) is 2.10. The summed E-state index contributed by atoms with van der Waals surface area (Å²) in [6.45, 7) is 4.08. The van der Waals surface area contributed by atoms with Crippen LogP contribution in [0, 0.1) is 6.92 Å². The van der Waals surface area contributed by atoms with E-state index in [0.717, 1.165) is 29.1 Å². The summed E-state index contributed by atoms with van der Waals surface area (Å²) in [6.07, 6.45) is 4.78. The Hall–Kier alpha value is -2.22. The van der Waals surface area contributed by atoms with E-state index < -0.39 is 0 Å². The first-order valence-electron chi connectivity index (χ1n) is 8.55. The minimum absolute atomic E-state index is 0.0165. The monoisotopic (exact) mass is 356 g/mol. The number of aryl methyl sites for hydroxylation is 1. The quantitative estimate of drug-likeness (QED) is 0.639. The van der Waals surface area contributed by atoms with Crippen LogP contribution in [-0.4, -0.2) is 30.4 Å². The molecule has 7 nitrogen and oxygen atoms in total. The second-order valence-electron chi connectivity index (χ2n) is 6.42. The molecular weight excluding hydrogens is 336 g/mol. The SMILES string of the molecule is Cc1cccc(-c2nnc(C(C)Sc3nnnn3C3CCCC3)o2)c1. The molecule has 1 aliphatic carbocycles. The Morgan fingerprint density at radius 3 is 2.84 bits per heavy atom. The molecule has 3 aromatic rings. The van der Waals surface area contributed by atoms with E-state index in [9.17, 15) is 0 Å². The fourth-order valence-electron chi connectivity index (χ4n) is 3.14. The Morgan fingerprint density at radius 1 is 1.20 bits per heavy atom. The minimum atomic E-state index is -0.0165. The van der Waals surface area contributed by atoms with Gasteiger partial charge in [-0.3, -0.25) is 0 Å². The topological polar surface area (TPSA) is 82.5 Å². The van der Waals surface area contributed by atoms with E-state index in [0.29, 0.717) is 17.8 Å². The van der Waals surface area contributed by atoms with E-state index in [1.165, 1.54) is 12.8 Å². The highest BCUT2D eigenvalue weighted by Gasteiger charge is 2.24. The lowest BCUT2D eigenvalue weighted by atomic mass is 10.1. The van der Waals surface area contributed by atoms with Crippen LogP contribution in [-0.2, 0) is 0 Å². The average molecular weight is 356 g/mol. The van der Waals surface area contributed by atoms with E-state index in [1.807, 2.05) is 42.8 Å². The van der Waals surface area contributed by atoms with Crippen molar-refractivity contribution in [3.63, 3.8) is 0 Å². The first kappa shape index (κ1) is 16.3. The van der Waals surface area contributed by atoms with Crippen molar-refractivity contribution >= 4 is 11.8 Å². The molecule has 1 saturated carbocycles. The van der Waals surface area contributed by atoms with Gasteiger partial charge in [0.25, 0.3) is 0 Å². The molecule has 8 heteroatoms. The van der Waals surface area contributed by atoms with E-state index in [4.69, 9.17) is 4.42 Å². The number of nitrogens with zero attached hydrogens (tertiary/aromatic N) is 6. The molecule has 0 spiro atoms. The molecule has 0 amide bonds. The van der Waals surface area contributed by atoms with Gasteiger partial charge in [-0.05, 0) is 49.2 Å². The number of aromatic nitrogens is 6. The van der Waals surface area contributed by atoms with Crippen LogP contribution in [0.3, 0.4) is 0 Å². The summed E-state index contributed by atoms with van der Waals surface area (Å²) < 4.78 is 7.83. The molecule has 25 heavy (non-hydrogen) atoms. The zero-order chi connectivity index (χ0) is 17.2.